The van der Waals surface area contributed by atoms with Gasteiger partial charge in [0.05, 0.1) is 0 Å². The maximum atomic E-state index is 13.7. The van der Waals surface area contributed by atoms with Gasteiger partial charge in [-0.05, 0) is 0 Å². The number of hydrogen-bond acceptors (Lipinski definition) is 3. The van der Waals surface area contributed by atoms with E-state index in [9.17, 15) is 12.3 Å². The number of benzene rings is 3. The van der Waals surface area contributed by atoms with Gasteiger partial charge in [0.1, 0.15) is 0 Å². The first-order chi connectivity index (χ1) is 11.9. The fraction of sp³-hybridized carbons (Fsp3) is 0. The summed E-state index contributed by atoms with van der Waals surface area (Å²) in [6, 6.07) is 22.6. The molecule has 0 aliphatic carbocycles. The molecule has 25 heavy (non-hydrogen) atoms. The van der Waals surface area contributed by atoms with Gasteiger partial charge in [0.25, 0.3) is 0 Å². The Morgan fingerprint density at radius 2 is 1.16 bits per heavy atom. The summed E-state index contributed by atoms with van der Waals surface area (Å²) in [6.07, 6.45) is 0. The summed E-state index contributed by atoms with van der Waals surface area (Å²) in [6.45, 7) is 0. The Kier molecular flexibility index (Phi) is 5.06. The predicted molar refractivity (Wildman–Crippen MR) is 99.7 cm³/mol. The van der Waals surface area contributed by atoms with Crippen molar-refractivity contribution in [2.75, 3.05) is 0 Å². The fourth-order valence-corrected chi connectivity index (χ4v) is 9.50. The molecule has 0 saturated heterocycles. The summed E-state index contributed by atoms with van der Waals surface area (Å²) in [5.74, 6) is 0. The van der Waals surface area contributed by atoms with E-state index in [0.717, 1.165) is 0 Å². The Bertz CT molecular complexity index is 1040. The number of nitrogens with zero attached hydrogens (tertiary/aromatic N) is 1. The molecule has 0 saturated carbocycles. The third kappa shape index (κ3) is 3.83. The standard InChI is InChI=1S/C18H14ClNO3SSe/c19-15-11-13-16(14-12-15)24(21,22)20-25(23,17-7-3-1-4-8-17)18-9-5-2-6-10-18/h1-14H. The van der Waals surface area contributed by atoms with Crippen molar-refractivity contribution in [2.24, 2.45) is 3.37 Å². The van der Waals surface area contributed by atoms with Crippen molar-refractivity contribution in [3.63, 3.8) is 0 Å². The molecule has 3 aromatic carbocycles. The van der Waals surface area contributed by atoms with Crippen LogP contribution in [0.2, 0.25) is 5.02 Å². The molecule has 0 N–H and O–H groups in total. The second-order valence-corrected chi connectivity index (χ2v) is 12.3. The molecule has 0 radical (unpaired) electrons. The van der Waals surface area contributed by atoms with Crippen LogP contribution >= 0.6 is 11.6 Å². The molecule has 0 aliphatic rings. The molecule has 0 heterocycles. The van der Waals surface area contributed by atoms with E-state index in [0.29, 0.717) is 13.9 Å². The van der Waals surface area contributed by atoms with Gasteiger partial charge in [0.15, 0.2) is 0 Å². The molecule has 0 atom stereocenters. The number of hydrogen-bond donors (Lipinski definition) is 0. The molecular formula is C18H14ClNO3SSe. The summed E-state index contributed by atoms with van der Waals surface area (Å²) in [5, 5.41) is 0.414. The van der Waals surface area contributed by atoms with Crippen LogP contribution in [0.3, 0.4) is 0 Å². The molecule has 0 fully saturated rings. The monoisotopic (exact) mass is 439 g/mol. The van der Waals surface area contributed by atoms with Crippen molar-refractivity contribution in [3.05, 3.63) is 90.0 Å². The van der Waals surface area contributed by atoms with Crippen LogP contribution in [-0.4, -0.2) is 21.0 Å². The van der Waals surface area contributed by atoms with Crippen molar-refractivity contribution in [2.45, 2.75) is 4.90 Å². The summed E-state index contributed by atoms with van der Waals surface area (Å²) in [7, 11) is -4.11. The van der Waals surface area contributed by atoms with E-state index in [-0.39, 0.29) is 4.90 Å². The van der Waals surface area contributed by atoms with Gasteiger partial charge in [-0.2, -0.15) is 0 Å². The van der Waals surface area contributed by atoms with Crippen molar-refractivity contribution in [1.29, 1.82) is 0 Å². The van der Waals surface area contributed by atoms with Gasteiger partial charge in [0, 0.05) is 0 Å². The first-order valence-electron chi connectivity index (χ1n) is 7.31. The molecule has 7 heteroatoms. The van der Waals surface area contributed by atoms with E-state index in [1.807, 2.05) is 0 Å². The molecular weight excluding hydrogens is 425 g/mol. The minimum absolute atomic E-state index is 0.0406. The minimum atomic E-state index is -4.30. The quantitative estimate of drug-likeness (QED) is 0.588. The first kappa shape index (κ1) is 17.8. The van der Waals surface area contributed by atoms with E-state index < -0.39 is 22.6 Å². The Balaban J connectivity index is 2.27. The Labute approximate surface area is 153 Å². The van der Waals surface area contributed by atoms with Crippen LogP contribution in [0.25, 0.3) is 0 Å². The fourth-order valence-electron chi connectivity index (χ4n) is 2.22. The SMILES string of the molecule is O=S(=O)(N=[Se](=O)(c1ccccc1)c1ccccc1)c1ccc(Cl)cc1. The van der Waals surface area contributed by atoms with E-state index in [4.69, 9.17) is 11.6 Å². The first-order valence-corrected chi connectivity index (χ1v) is 12.3. The Morgan fingerprint density at radius 1 is 0.720 bits per heavy atom. The van der Waals surface area contributed by atoms with Gasteiger partial charge < -0.3 is 0 Å². The molecule has 3 rings (SSSR count). The zero-order chi connectivity index (χ0) is 17.9. The van der Waals surface area contributed by atoms with Gasteiger partial charge in [0.2, 0.25) is 0 Å². The second-order valence-electron chi connectivity index (χ2n) is 5.16. The van der Waals surface area contributed by atoms with E-state index in [2.05, 4.69) is 3.37 Å². The van der Waals surface area contributed by atoms with E-state index in [1.165, 1.54) is 24.3 Å². The van der Waals surface area contributed by atoms with Crippen LogP contribution in [0.4, 0.5) is 0 Å². The van der Waals surface area contributed by atoms with Gasteiger partial charge in [-0.1, -0.05) is 0 Å². The zero-order valence-corrected chi connectivity index (χ0v) is 16.2. The molecule has 4 nitrogen and oxygen atoms in total. The average molecular weight is 439 g/mol. The van der Waals surface area contributed by atoms with Crippen LogP contribution in [0, 0.1) is 0 Å². The van der Waals surface area contributed by atoms with Gasteiger partial charge in [-0.3, -0.25) is 0 Å². The Hall–Kier alpha value is -1.98. The van der Waals surface area contributed by atoms with Crippen LogP contribution in [-0.2, 0) is 13.9 Å². The maximum absolute atomic E-state index is 13.7. The van der Waals surface area contributed by atoms with E-state index in [1.54, 1.807) is 60.7 Å². The molecule has 0 bridgehead atoms. The summed E-state index contributed by atoms with van der Waals surface area (Å²) in [4.78, 5) is -0.0406. The third-order valence-electron chi connectivity index (χ3n) is 3.44. The number of halogens is 1. The molecule has 0 aromatic heterocycles. The summed E-state index contributed by atoms with van der Waals surface area (Å²) >= 11 is 1.50. The number of rotatable bonds is 4. The van der Waals surface area contributed by atoms with Crippen molar-refractivity contribution >= 4 is 43.1 Å². The summed E-state index contributed by atoms with van der Waals surface area (Å²) in [5.41, 5.74) is 0. The molecule has 0 unspecified atom stereocenters. The van der Waals surface area contributed by atoms with E-state index >= 15 is 0 Å². The van der Waals surface area contributed by atoms with Crippen LogP contribution in [0.5, 0.6) is 0 Å². The third-order valence-corrected chi connectivity index (χ3v) is 11.3. The topological polar surface area (TPSA) is 63.6 Å². The van der Waals surface area contributed by atoms with Gasteiger partial charge in [-0.25, -0.2) is 0 Å². The molecule has 0 amide bonds. The van der Waals surface area contributed by atoms with Gasteiger partial charge >= 0.3 is 154 Å². The summed E-state index contributed by atoms with van der Waals surface area (Å²) < 4.78 is 43.9. The van der Waals surface area contributed by atoms with Crippen molar-refractivity contribution in [3.8, 4) is 0 Å². The molecule has 0 aliphatic heterocycles. The normalized spacial score (nSPS) is 11.9. The number of sulfonamides is 1. The average Bonchev–Trinajstić information content (AvgIpc) is 2.63. The van der Waals surface area contributed by atoms with Crippen molar-refractivity contribution in [1.82, 2.24) is 0 Å². The molecule has 3 aromatic rings. The zero-order valence-electron chi connectivity index (χ0n) is 12.9. The Morgan fingerprint density at radius 3 is 1.60 bits per heavy atom. The van der Waals surface area contributed by atoms with Crippen LogP contribution < -0.4 is 8.92 Å². The van der Waals surface area contributed by atoms with Crippen LogP contribution in [0.1, 0.15) is 0 Å². The van der Waals surface area contributed by atoms with Crippen molar-refractivity contribution < 1.29 is 12.3 Å². The van der Waals surface area contributed by atoms with Crippen LogP contribution in [0.15, 0.2) is 93.2 Å². The van der Waals surface area contributed by atoms with Gasteiger partial charge in [-0.15, -0.1) is 0 Å². The molecule has 0 spiro atoms. The molecule has 128 valence electrons. The predicted octanol–water partition coefficient (Wildman–Crippen LogP) is 2.98. The second kappa shape index (κ2) is 7.10.